The van der Waals surface area contributed by atoms with Crippen LogP contribution in [0.4, 0.5) is 0 Å². The molecule has 0 heterocycles. The Morgan fingerprint density at radius 1 is 1.33 bits per heavy atom. The summed E-state index contributed by atoms with van der Waals surface area (Å²) in [6.45, 7) is 19.8. The molecule has 0 saturated carbocycles. The topological polar surface area (TPSA) is 49.7 Å². The van der Waals surface area contributed by atoms with Crippen molar-refractivity contribution >= 4 is 5.84 Å². The Bertz CT molecular complexity index is 637. The fraction of sp³-hybridized carbons (Fsp3) is 0.471. The first kappa shape index (κ1) is 16.7. The molecule has 0 saturated heterocycles. The molecule has 1 aromatic rings. The molecule has 0 atom stereocenters. The summed E-state index contributed by atoms with van der Waals surface area (Å²) in [7, 11) is 0. The van der Waals surface area contributed by atoms with E-state index in [1.807, 2.05) is 6.92 Å². The van der Waals surface area contributed by atoms with Crippen molar-refractivity contribution in [2.75, 3.05) is 0 Å². The molecule has 0 fully saturated rings. The quantitative estimate of drug-likeness (QED) is 0.361. The Hall–Kier alpha value is -2.33. The molecule has 0 aromatic heterocycles. The van der Waals surface area contributed by atoms with E-state index >= 15 is 0 Å². The van der Waals surface area contributed by atoms with E-state index in [0.29, 0.717) is 0 Å². The van der Waals surface area contributed by atoms with Crippen LogP contribution in [-0.2, 0) is 16.9 Å². The van der Waals surface area contributed by atoms with Crippen LogP contribution in [0.1, 0.15) is 48.6 Å². The number of aryl methyl sites for hydroxylation is 2. The summed E-state index contributed by atoms with van der Waals surface area (Å²) in [6, 6.07) is 3.83. The lowest BCUT2D eigenvalue weighted by atomic mass is 9.79. The molecule has 1 aromatic carbocycles. The smallest absolute Gasteiger partial charge is 0.348 e. The zero-order chi connectivity index (χ0) is 16.2. The van der Waals surface area contributed by atoms with Crippen LogP contribution in [0.3, 0.4) is 0 Å². The van der Waals surface area contributed by atoms with Gasteiger partial charge in [0.2, 0.25) is 0 Å². The summed E-state index contributed by atoms with van der Waals surface area (Å²) in [4.78, 5) is 8.15. The maximum absolute atomic E-state index is 8.65. The van der Waals surface area contributed by atoms with Crippen LogP contribution in [0.2, 0.25) is 0 Å². The fourth-order valence-corrected chi connectivity index (χ4v) is 2.83. The Balaban J connectivity index is 3.19. The molecular weight excluding hydrogens is 262 g/mol. The van der Waals surface area contributed by atoms with Gasteiger partial charge in [0, 0.05) is 5.56 Å². The maximum Gasteiger partial charge on any atom is 0.392 e. The van der Waals surface area contributed by atoms with Crippen LogP contribution in [0, 0.1) is 38.7 Å². The lowest BCUT2D eigenvalue weighted by Crippen LogP contribution is -2.17. The normalized spacial score (nSPS) is 11.7. The molecule has 0 aliphatic rings. The Morgan fingerprint density at radius 2 is 1.95 bits per heavy atom. The molecular formula is C17H21N3O. The van der Waals surface area contributed by atoms with Crippen molar-refractivity contribution in [3.8, 4) is 6.07 Å². The number of hydrogen-bond donors (Lipinski definition) is 0. The number of benzene rings is 1. The summed E-state index contributed by atoms with van der Waals surface area (Å²) >= 11 is 0. The standard InChI is InChI=1S/C17H21N3O/c1-11-8-12(2)16(17(4,5)6)13(3)14(11)10-21-20-15(9-18)19-7/h8H,10H2,1-6H3/b20-15+. The molecule has 0 spiro atoms. The third-order valence-electron chi connectivity index (χ3n) is 3.45. The molecule has 0 amide bonds. The van der Waals surface area contributed by atoms with Gasteiger partial charge in [-0.25, -0.2) is 5.26 Å². The van der Waals surface area contributed by atoms with Crippen molar-refractivity contribution in [1.82, 2.24) is 0 Å². The molecule has 0 radical (unpaired) electrons. The van der Waals surface area contributed by atoms with Gasteiger partial charge in [0.05, 0.1) is 5.16 Å². The van der Waals surface area contributed by atoms with Crippen LogP contribution in [0.15, 0.2) is 11.2 Å². The van der Waals surface area contributed by atoms with E-state index in [-0.39, 0.29) is 17.9 Å². The summed E-state index contributed by atoms with van der Waals surface area (Å²) in [5.74, 6) is -0.284. The van der Waals surface area contributed by atoms with E-state index in [4.69, 9.17) is 16.7 Å². The lowest BCUT2D eigenvalue weighted by Gasteiger charge is -2.26. The number of nitriles is 1. The van der Waals surface area contributed by atoms with Gasteiger partial charge in [-0.05, 0) is 48.4 Å². The van der Waals surface area contributed by atoms with Crippen LogP contribution in [0.25, 0.3) is 4.85 Å². The van der Waals surface area contributed by atoms with Gasteiger partial charge in [-0.2, -0.15) is 0 Å². The first-order valence-corrected chi connectivity index (χ1v) is 6.80. The molecule has 4 heteroatoms. The number of hydrogen-bond acceptors (Lipinski definition) is 3. The first-order valence-electron chi connectivity index (χ1n) is 6.80. The summed E-state index contributed by atoms with van der Waals surface area (Å²) in [5, 5.41) is 12.2. The molecule has 0 bridgehead atoms. The van der Waals surface area contributed by atoms with Crippen LogP contribution < -0.4 is 0 Å². The largest absolute Gasteiger partial charge is 0.392 e. The monoisotopic (exact) mass is 283 g/mol. The van der Waals surface area contributed by atoms with E-state index in [2.05, 4.69) is 50.7 Å². The minimum absolute atomic E-state index is 0.0498. The first-order chi connectivity index (χ1) is 9.72. The van der Waals surface area contributed by atoms with Gasteiger partial charge < -0.3 is 9.68 Å². The fourth-order valence-electron chi connectivity index (χ4n) is 2.83. The average Bonchev–Trinajstić information content (AvgIpc) is 2.35. The van der Waals surface area contributed by atoms with Crippen molar-refractivity contribution in [3.05, 3.63) is 45.3 Å². The van der Waals surface area contributed by atoms with Crippen molar-refractivity contribution in [2.45, 2.75) is 53.6 Å². The van der Waals surface area contributed by atoms with Crippen molar-refractivity contribution in [3.63, 3.8) is 0 Å². The third-order valence-corrected chi connectivity index (χ3v) is 3.45. The number of rotatable bonds is 3. The van der Waals surface area contributed by atoms with Crippen LogP contribution >= 0.6 is 0 Å². The van der Waals surface area contributed by atoms with Crippen molar-refractivity contribution in [2.24, 2.45) is 5.16 Å². The molecule has 110 valence electrons. The highest BCUT2D eigenvalue weighted by Crippen LogP contribution is 2.32. The number of nitrogens with zero attached hydrogens (tertiary/aromatic N) is 3. The third kappa shape index (κ3) is 3.83. The van der Waals surface area contributed by atoms with Gasteiger partial charge in [-0.3, -0.25) is 0 Å². The zero-order valence-corrected chi connectivity index (χ0v) is 13.5. The highest BCUT2D eigenvalue weighted by Gasteiger charge is 2.22. The minimum atomic E-state index is -0.284. The summed E-state index contributed by atoms with van der Waals surface area (Å²) < 4.78 is 0. The van der Waals surface area contributed by atoms with Gasteiger partial charge in [0.1, 0.15) is 6.07 Å². The van der Waals surface area contributed by atoms with E-state index in [1.54, 1.807) is 6.07 Å². The summed E-state index contributed by atoms with van der Waals surface area (Å²) in [6.07, 6.45) is 0. The van der Waals surface area contributed by atoms with Gasteiger partial charge in [-0.1, -0.05) is 33.4 Å². The predicted octanol–water partition coefficient (Wildman–Crippen LogP) is 4.18. The van der Waals surface area contributed by atoms with E-state index in [1.165, 1.54) is 16.7 Å². The Kier molecular flexibility index (Phi) is 5.11. The molecule has 0 aliphatic carbocycles. The molecule has 21 heavy (non-hydrogen) atoms. The second-order valence-electron chi connectivity index (χ2n) is 6.15. The second-order valence-corrected chi connectivity index (χ2v) is 6.15. The Morgan fingerprint density at radius 3 is 2.43 bits per heavy atom. The summed E-state index contributed by atoms with van der Waals surface area (Å²) in [5.41, 5.74) is 6.02. The van der Waals surface area contributed by atoms with Crippen LogP contribution in [-0.4, -0.2) is 5.84 Å². The zero-order valence-electron chi connectivity index (χ0n) is 13.5. The van der Waals surface area contributed by atoms with Gasteiger partial charge in [-0.15, -0.1) is 0 Å². The van der Waals surface area contributed by atoms with Gasteiger partial charge in [0.25, 0.3) is 0 Å². The van der Waals surface area contributed by atoms with E-state index < -0.39 is 0 Å². The molecule has 0 unspecified atom stereocenters. The molecule has 0 aliphatic heterocycles. The van der Waals surface area contributed by atoms with E-state index in [9.17, 15) is 0 Å². The highest BCUT2D eigenvalue weighted by atomic mass is 16.6. The molecule has 1 rings (SSSR count). The van der Waals surface area contributed by atoms with Crippen molar-refractivity contribution < 1.29 is 4.84 Å². The second kappa shape index (κ2) is 6.41. The van der Waals surface area contributed by atoms with Crippen molar-refractivity contribution in [1.29, 1.82) is 5.26 Å². The molecule has 4 nitrogen and oxygen atoms in total. The minimum Gasteiger partial charge on any atom is -0.348 e. The number of amidine groups is 1. The Labute approximate surface area is 126 Å². The van der Waals surface area contributed by atoms with E-state index in [0.717, 1.165) is 11.1 Å². The number of oxime groups is 1. The lowest BCUT2D eigenvalue weighted by molar-refractivity contribution is 0.130. The average molecular weight is 283 g/mol. The highest BCUT2D eigenvalue weighted by molar-refractivity contribution is 6.03. The van der Waals surface area contributed by atoms with Gasteiger partial charge in [0.15, 0.2) is 6.61 Å². The van der Waals surface area contributed by atoms with Crippen LogP contribution in [0.5, 0.6) is 0 Å². The maximum atomic E-state index is 8.65. The van der Waals surface area contributed by atoms with Gasteiger partial charge >= 0.3 is 5.84 Å². The SMILES string of the molecule is [C-]#[N+]/C(C#N)=N/OCc1c(C)cc(C)c(C(C)(C)C)c1C. The predicted molar refractivity (Wildman–Crippen MR) is 83.8 cm³/mol. The molecule has 0 N–H and O–H groups in total.